The van der Waals surface area contributed by atoms with Gasteiger partial charge in [-0.1, -0.05) is 29.8 Å². The molecule has 0 saturated carbocycles. The molecule has 3 N–H and O–H groups in total. The van der Waals surface area contributed by atoms with Crippen molar-refractivity contribution >= 4 is 11.6 Å². The first-order valence-electron chi connectivity index (χ1n) is 6.12. The SMILES string of the molecule is Cc1cc(Cl)ccc1C(NN)c1ccc(C)c(F)c1F. The average Bonchev–Trinajstić information content (AvgIpc) is 2.41. The van der Waals surface area contributed by atoms with Gasteiger partial charge in [0.05, 0.1) is 6.04 Å². The molecule has 2 aromatic carbocycles. The molecule has 20 heavy (non-hydrogen) atoms. The fraction of sp³-hybridized carbons (Fsp3) is 0.200. The van der Waals surface area contributed by atoms with Gasteiger partial charge in [-0.2, -0.15) is 0 Å². The van der Waals surface area contributed by atoms with Crippen molar-refractivity contribution in [3.63, 3.8) is 0 Å². The van der Waals surface area contributed by atoms with Crippen LogP contribution in [0, 0.1) is 25.5 Å². The average molecular weight is 297 g/mol. The third kappa shape index (κ3) is 2.68. The van der Waals surface area contributed by atoms with Crippen LogP contribution in [0.3, 0.4) is 0 Å². The van der Waals surface area contributed by atoms with Gasteiger partial charge in [0.2, 0.25) is 0 Å². The number of benzene rings is 2. The Morgan fingerprint density at radius 1 is 1.00 bits per heavy atom. The minimum Gasteiger partial charge on any atom is -0.271 e. The summed E-state index contributed by atoms with van der Waals surface area (Å²) in [4.78, 5) is 0. The van der Waals surface area contributed by atoms with E-state index in [2.05, 4.69) is 5.43 Å². The van der Waals surface area contributed by atoms with E-state index in [4.69, 9.17) is 17.4 Å². The summed E-state index contributed by atoms with van der Waals surface area (Å²) < 4.78 is 27.8. The van der Waals surface area contributed by atoms with Crippen molar-refractivity contribution in [1.82, 2.24) is 5.43 Å². The van der Waals surface area contributed by atoms with Crippen molar-refractivity contribution in [2.24, 2.45) is 5.84 Å². The Morgan fingerprint density at radius 3 is 2.25 bits per heavy atom. The summed E-state index contributed by atoms with van der Waals surface area (Å²) in [5, 5.41) is 0.581. The number of hydrogen-bond acceptors (Lipinski definition) is 2. The molecule has 1 unspecified atom stereocenters. The summed E-state index contributed by atoms with van der Waals surface area (Å²) in [5.74, 6) is 3.79. The van der Waals surface area contributed by atoms with E-state index in [1.54, 1.807) is 18.2 Å². The van der Waals surface area contributed by atoms with E-state index in [9.17, 15) is 8.78 Å². The van der Waals surface area contributed by atoms with Crippen molar-refractivity contribution in [2.45, 2.75) is 19.9 Å². The van der Waals surface area contributed by atoms with E-state index >= 15 is 0 Å². The Hall–Kier alpha value is -1.49. The second-order valence-corrected chi connectivity index (χ2v) is 5.14. The third-order valence-corrected chi connectivity index (χ3v) is 3.56. The zero-order valence-corrected chi connectivity index (χ0v) is 11.9. The standard InChI is InChI=1S/C15H15ClF2N2/c1-8-3-5-12(14(18)13(8)17)15(20-19)11-6-4-10(16)7-9(11)2/h3-7,15,20H,19H2,1-2H3. The Bertz CT molecular complexity index is 644. The Morgan fingerprint density at radius 2 is 1.65 bits per heavy atom. The molecule has 2 rings (SSSR count). The normalized spacial score (nSPS) is 12.5. The van der Waals surface area contributed by atoms with E-state index in [1.165, 1.54) is 19.1 Å². The summed E-state index contributed by atoms with van der Waals surface area (Å²) >= 11 is 5.90. The lowest BCUT2D eigenvalue weighted by molar-refractivity contribution is 0.478. The zero-order chi connectivity index (χ0) is 14.9. The molecule has 0 aliphatic heterocycles. The van der Waals surface area contributed by atoms with Crippen molar-refractivity contribution in [2.75, 3.05) is 0 Å². The van der Waals surface area contributed by atoms with Crippen LogP contribution >= 0.6 is 11.6 Å². The Kier molecular flexibility index (Phi) is 4.38. The lowest BCUT2D eigenvalue weighted by atomic mass is 9.94. The molecule has 0 fully saturated rings. The fourth-order valence-electron chi connectivity index (χ4n) is 2.19. The molecule has 0 spiro atoms. The van der Waals surface area contributed by atoms with Gasteiger partial charge < -0.3 is 0 Å². The fourth-order valence-corrected chi connectivity index (χ4v) is 2.42. The minimum atomic E-state index is -0.887. The number of rotatable bonds is 3. The number of nitrogens with one attached hydrogen (secondary N) is 1. The molecule has 1 atom stereocenters. The molecule has 0 amide bonds. The molecule has 0 bridgehead atoms. The lowest BCUT2D eigenvalue weighted by Gasteiger charge is -2.20. The highest BCUT2D eigenvalue weighted by Crippen LogP contribution is 2.29. The van der Waals surface area contributed by atoms with Crippen LogP contribution in [0.5, 0.6) is 0 Å². The van der Waals surface area contributed by atoms with Crippen LogP contribution in [-0.2, 0) is 0 Å². The highest BCUT2D eigenvalue weighted by Gasteiger charge is 2.21. The maximum Gasteiger partial charge on any atom is 0.164 e. The van der Waals surface area contributed by atoms with Gasteiger partial charge >= 0.3 is 0 Å². The highest BCUT2D eigenvalue weighted by atomic mass is 35.5. The molecule has 0 aromatic heterocycles. The van der Waals surface area contributed by atoms with Crippen LogP contribution in [0.4, 0.5) is 8.78 Å². The zero-order valence-electron chi connectivity index (χ0n) is 11.2. The van der Waals surface area contributed by atoms with Gasteiger partial charge in [0.15, 0.2) is 11.6 Å². The first kappa shape index (κ1) is 14.9. The maximum atomic E-state index is 14.1. The van der Waals surface area contributed by atoms with Gasteiger partial charge in [0.1, 0.15) is 0 Å². The van der Waals surface area contributed by atoms with E-state index < -0.39 is 17.7 Å². The summed E-state index contributed by atoms with van der Waals surface area (Å²) in [6.45, 7) is 3.36. The smallest absolute Gasteiger partial charge is 0.164 e. The summed E-state index contributed by atoms with van der Waals surface area (Å²) in [7, 11) is 0. The molecule has 0 aliphatic rings. The summed E-state index contributed by atoms with van der Waals surface area (Å²) in [6, 6.07) is 7.62. The van der Waals surface area contributed by atoms with E-state index in [0.717, 1.165) is 11.1 Å². The van der Waals surface area contributed by atoms with Crippen molar-refractivity contribution in [1.29, 1.82) is 0 Å². The predicted molar refractivity (Wildman–Crippen MR) is 76.5 cm³/mol. The van der Waals surface area contributed by atoms with Crippen LogP contribution in [-0.4, -0.2) is 0 Å². The quantitative estimate of drug-likeness (QED) is 0.668. The Labute approximate surface area is 121 Å². The van der Waals surface area contributed by atoms with Gasteiger partial charge in [0.25, 0.3) is 0 Å². The summed E-state index contributed by atoms with van der Waals surface area (Å²) in [5.41, 5.74) is 4.56. The minimum absolute atomic E-state index is 0.168. The topological polar surface area (TPSA) is 38.0 Å². The number of nitrogens with two attached hydrogens (primary N) is 1. The molecule has 0 saturated heterocycles. The molecule has 2 aromatic rings. The number of aryl methyl sites for hydroxylation is 2. The molecule has 0 aliphatic carbocycles. The first-order valence-corrected chi connectivity index (χ1v) is 6.50. The Balaban J connectivity index is 2.55. The number of hydrazine groups is 1. The highest BCUT2D eigenvalue weighted by molar-refractivity contribution is 6.30. The molecule has 2 nitrogen and oxygen atoms in total. The first-order chi connectivity index (χ1) is 9.45. The van der Waals surface area contributed by atoms with Gasteiger partial charge in [0, 0.05) is 10.6 Å². The molecular formula is C15H15ClF2N2. The molecule has 0 heterocycles. The van der Waals surface area contributed by atoms with Gasteiger partial charge in [-0.3, -0.25) is 5.84 Å². The van der Waals surface area contributed by atoms with Crippen LogP contribution < -0.4 is 11.3 Å². The van der Waals surface area contributed by atoms with E-state index in [-0.39, 0.29) is 11.1 Å². The van der Waals surface area contributed by atoms with Crippen LogP contribution in [0.2, 0.25) is 5.02 Å². The summed E-state index contributed by atoms with van der Waals surface area (Å²) in [6.07, 6.45) is 0. The van der Waals surface area contributed by atoms with Crippen LogP contribution in [0.15, 0.2) is 30.3 Å². The maximum absolute atomic E-state index is 14.1. The third-order valence-electron chi connectivity index (χ3n) is 3.33. The number of hydrogen-bond donors (Lipinski definition) is 2. The molecule has 5 heteroatoms. The van der Waals surface area contributed by atoms with Crippen LogP contribution in [0.1, 0.15) is 28.3 Å². The van der Waals surface area contributed by atoms with E-state index in [1.807, 2.05) is 6.92 Å². The van der Waals surface area contributed by atoms with E-state index in [0.29, 0.717) is 5.02 Å². The molecular weight excluding hydrogens is 282 g/mol. The second kappa shape index (κ2) is 5.87. The van der Waals surface area contributed by atoms with Crippen molar-refractivity contribution < 1.29 is 8.78 Å². The van der Waals surface area contributed by atoms with Gasteiger partial charge in [-0.15, -0.1) is 0 Å². The van der Waals surface area contributed by atoms with Crippen LogP contribution in [0.25, 0.3) is 0 Å². The van der Waals surface area contributed by atoms with Gasteiger partial charge in [-0.25, -0.2) is 14.2 Å². The molecule has 0 radical (unpaired) electrons. The lowest BCUT2D eigenvalue weighted by Crippen LogP contribution is -2.30. The van der Waals surface area contributed by atoms with Gasteiger partial charge in [-0.05, 0) is 42.7 Å². The predicted octanol–water partition coefficient (Wildman–Crippen LogP) is 3.79. The number of halogens is 3. The van der Waals surface area contributed by atoms with Crippen molar-refractivity contribution in [3.8, 4) is 0 Å². The largest absolute Gasteiger partial charge is 0.271 e. The molecule has 106 valence electrons. The van der Waals surface area contributed by atoms with Crippen molar-refractivity contribution in [3.05, 3.63) is 69.2 Å². The second-order valence-electron chi connectivity index (χ2n) is 4.70. The monoisotopic (exact) mass is 296 g/mol.